The molecule has 0 bridgehead atoms. The first-order chi connectivity index (χ1) is 7.99. The number of primary amides is 1. The molecule has 0 spiro atoms. The van der Waals surface area contributed by atoms with E-state index in [4.69, 9.17) is 5.73 Å². The normalized spacial score (nSPS) is 23.0. The molecule has 0 aliphatic carbocycles. The van der Waals surface area contributed by atoms with E-state index in [2.05, 4.69) is 17.1 Å². The number of nitrogens with zero attached hydrogens (tertiary/aromatic N) is 1. The van der Waals surface area contributed by atoms with Crippen molar-refractivity contribution in [2.24, 2.45) is 5.73 Å². The highest BCUT2D eigenvalue weighted by Crippen LogP contribution is 2.19. The minimum atomic E-state index is -0.578. The summed E-state index contributed by atoms with van der Waals surface area (Å²) in [5.74, 6) is -0.247. The van der Waals surface area contributed by atoms with Crippen molar-refractivity contribution in [3.8, 4) is 0 Å². The van der Waals surface area contributed by atoms with E-state index in [0.29, 0.717) is 6.04 Å². The van der Waals surface area contributed by atoms with Crippen LogP contribution >= 0.6 is 0 Å². The maximum atomic E-state index is 11.6. The Hall–Kier alpha value is -0.610. The van der Waals surface area contributed by atoms with Crippen molar-refractivity contribution >= 4 is 5.91 Å². The van der Waals surface area contributed by atoms with Crippen molar-refractivity contribution in [1.82, 2.24) is 10.2 Å². The van der Waals surface area contributed by atoms with Crippen molar-refractivity contribution in [1.29, 1.82) is 0 Å². The Kier molecular flexibility index (Phi) is 5.40. The quantitative estimate of drug-likeness (QED) is 0.732. The molecule has 2 atom stereocenters. The van der Waals surface area contributed by atoms with Crippen molar-refractivity contribution in [3.63, 3.8) is 0 Å². The molecule has 1 heterocycles. The fourth-order valence-corrected chi connectivity index (χ4v) is 2.73. The summed E-state index contributed by atoms with van der Waals surface area (Å²) in [7, 11) is 0. The third-order valence-corrected chi connectivity index (χ3v) is 3.83. The van der Waals surface area contributed by atoms with Gasteiger partial charge in [0.25, 0.3) is 0 Å². The lowest BCUT2D eigenvalue weighted by molar-refractivity contribution is -0.124. The second-order valence-corrected chi connectivity index (χ2v) is 5.38. The van der Waals surface area contributed by atoms with Crippen LogP contribution in [0.15, 0.2) is 0 Å². The summed E-state index contributed by atoms with van der Waals surface area (Å²) in [6.07, 6.45) is 4.68. The molecule has 0 saturated carbocycles. The highest BCUT2D eigenvalue weighted by Gasteiger charge is 2.33. The van der Waals surface area contributed by atoms with Gasteiger partial charge in [-0.05, 0) is 52.7 Å². The van der Waals surface area contributed by atoms with Crippen LogP contribution in [0.3, 0.4) is 0 Å². The zero-order valence-electron chi connectivity index (χ0n) is 11.5. The number of amides is 1. The smallest absolute Gasteiger partial charge is 0.237 e. The van der Waals surface area contributed by atoms with Gasteiger partial charge in [0.05, 0.1) is 5.54 Å². The van der Waals surface area contributed by atoms with Gasteiger partial charge in [0.15, 0.2) is 0 Å². The van der Waals surface area contributed by atoms with Crippen LogP contribution in [0.5, 0.6) is 0 Å². The molecule has 4 heteroatoms. The summed E-state index contributed by atoms with van der Waals surface area (Å²) in [6.45, 7) is 9.20. The molecule has 0 aromatic carbocycles. The van der Waals surface area contributed by atoms with E-state index in [0.717, 1.165) is 26.1 Å². The van der Waals surface area contributed by atoms with E-state index < -0.39 is 5.54 Å². The van der Waals surface area contributed by atoms with Crippen LogP contribution in [0, 0.1) is 0 Å². The number of carbonyl (C=O) groups is 1. The number of nitrogens with one attached hydrogen (secondary N) is 1. The predicted molar refractivity (Wildman–Crippen MR) is 70.8 cm³/mol. The van der Waals surface area contributed by atoms with Crippen molar-refractivity contribution in [2.75, 3.05) is 19.6 Å². The van der Waals surface area contributed by atoms with Gasteiger partial charge in [-0.3, -0.25) is 4.79 Å². The number of nitrogens with two attached hydrogens (primary N) is 1. The Bertz CT molecular complexity index is 251. The fraction of sp³-hybridized carbons (Fsp3) is 0.923. The van der Waals surface area contributed by atoms with Crippen LogP contribution in [0.2, 0.25) is 0 Å². The molecular formula is C13H27N3O. The topological polar surface area (TPSA) is 58.4 Å². The lowest BCUT2D eigenvalue weighted by Gasteiger charge is -2.37. The summed E-state index contributed by atoms with van der Waals surface area (Å²) < 4.78 is 0. The molecule has 3 N–H and O–H groups in total. The molecule has 1 amide bonds. The van der Waals surface area contributed by atoms with Crippen LogP contribution in [-0.2, 0) is 4.79 Å². The SMILES string of the molecule is CCNC(C)(CC(C)N1CCCCC1)C(N)=O. The van der Waals surface area contributed by atoms with E-state index in [1.165, 1.54) is 19.3 Å². The van der Waals surface area contributed by atoms with Gasteiger partial charge in [-0.2, -0.15) is 0 Å². The van der Waals surface area contributed by atoms with Gasteiger partial charge < -0.3 is 16.0 Å². The molecular weight excluding hydrogens is 214 g/mol. The Morgan fingerprint density at radius 1 is 1.41 bits per heavy atom. The average Bonchev–Trinajstić information content (AvgIpc) is 2.30. The Morgan fingerprint density at radius 2 is 2.00 bits per heavy atom. The number of likely N-dealkylation sites (N-methyl/N-ethyl adjacent to an activating group) is 1. The highest BCUT2D eigenvalue weighted by atomic mass is 16.1. The van der Waals surface area contributed by atoms with Gasteiger partial charge >= 0.3 is 0 Å². The van der Waals surface area contributed by atoms with E-state index in [-0.39, 0.29) is 5.91 Å². The molecule has 1 rings (SSSR count). The van der Waals surface area contributed by atoms with E-state index >= 15 is 0 Å². The first kappa shape index (κ1) is 14.5. The van der Waals surface area contributed by atoms with Crippen LogP contribution in [0.25, 0.3) is 0 Å². The van der Waals surface area contributed by atoms with Gasteiger partial charge in [-0.15, -0.1) is 0 Å². The molecule has 2 unspecified atom stereocenters. The number of carbonyl (C=O) groups excluding carboxylic acids is 1. The minimum Gasteiger partial charge on any atom is -0.368 e. The van der Waals surface area contributed by atoms with Crippen molar-refractivity contribution < 1.29 is 4.79 Å². The molecule has 1 fully saturated rings. The first-order valence-electron chi connectivity index (χ1n) is 6.78. The number of hydrogen-bond acceptors (Lipinski definition) is 3. The Morgan fingerprint density at radius 3 is 2.47 bits per heavy atom. The molecule has 100 valence electrons. The van der Waals surface area contributed by atoms with Crippen LogP contribution in [-0.4, -0.2) is 42.0 Å². The number of hydrogen-bond donors (Lipinski definition) is 2. The molecule has 17 heavy (non-hydrogen) atoms. The molecule has 0 aromatic heterocycles. The molecule has 1 aliphatic rings. The zero-order valence-corrected chi connectivity index (χ0v) is 11.5. The van der Waals surface area contributed by atoms with E-state index in [9.17, 15) is 4.79 Å². The van der Waals surface area contributed by atoms with Crippen LogP contribution in [0.1, 0.15) is 46.5 Å². The second-order valence-electron chi connectivity index (χ2n) is 5.38. The Balaban J connectivity index is 2.56. The molecule has 1 aliphatic heterocycles. The molecule has 4 nitrogen and oxygen atoms in total. The monoisotopic (exact) mass is 241 g/mol. The zero-order chi connectivity index (χ0) is 12.9. The third kappa shape index (κ3) is 3.96. The van der Waals surface area contributed by atoms with E-state index in [1.54, 1.807) is 0 Å². The van der Waals surface area contributed by atoms with Gasteiger partial charge in [-0.1, -0.05) is 13.3 Å². The number of likely N-dealkylation sites (tertiary alicyclic amines) is 1. The van der Waals surface area contributed by atoms with Gasteiger partial charge in [0, 0.05) is 6.04 Å². The standard InChI is InChI=1S/C13H27N3O/c1-4-15-13(3,12(14)17)10-11(2)16-8-6-5-7-9-16/h11,15H,4-10H2,1-3H3,(H2,14,17). The fourth-order valence-electron chi connectivity index (χ4n) is 2.73. The van der Waals surface area contributed by atoms with Crippen LogP contribution < -0.4 is 11.1 Å². The summed E-state index contributed by atoms with van der Waals surface area (Å²) in [6, 6.07) is 0.409. The summed E-state index contributed by atoms with van der Waals surface area (Å²) in [4.78, 5) is 14.0. The van der Waals surface area contributed by atoms with Gasteiger partial charge in [0.1, 0.15) is 0 Å². The predicted octanol–water partition coefficient (Wildman–Crippen LogP) is 1.10. The minimum absolute atomic E-state index is 0.247. The summed E-state index contributed by atoms with van der Waals surface area (Å²) in [5, 5.41) is 3.23. The second kappa shape index (κ2) is 6.36. The third-order valence-electron chi connectivity index (χ3n) is 3.83. The summed E-state index contributed by atoms with van der Waals surface area (Å²) >= 11 is 0. The molecule has 1 saturated heterocycles. The maximum Gasteiger partial charge on any atom is 0.237 e. The molecule has 0 aromatic rings. The van der Waals surface area contributed by atoms with Gasteiger partial charge in [0.2, 0.25) is 5.91 Å². The first-order valence-corrected chi connectivity index (χ1v) is 6.78. The highest BCUT2D eigenvalue weighted by molar-refractivity contribution is 5.84. The Labute approximate surface area is 105 Å². The van der Waals surface area contributed by atoms with Gasteiger partial charge in [-0.25, -0.2) is 0 Å². The van der Waals surface area contributed by atoms with Crippen LogP contribution in [0.4, 0.5) is 0 Å². The number of rotatable bonds is 6. The summed E-state index contributed by atoms with van der Waals surface area (Å²) in [5.41, 5.74) is 4.94. The lowest BCUT2D eigenvalue weighted by Crippen LogP contribution is -2.56. The average molecular weight is 241 g/mol. The maximum absolute atomic E-state index is 11.6. The number of piperidine rings is 1. The van der Waals surface area contributed by atoms with Crippen molar-refractivity contribution in [3.05, 3.63) is 0 Å². The molecule has 0 radical (unpaired) electrons. The largest absolute Gasteiger partial charge is 0.368 e. The van der Waals surface area contributed by atoms with Crippen molar-refractivity contribution in [2.45, 2.75) is 58.0 Å². The van der Waals surface area contributed by atoms with E-state index in [1.807, 2.05) is 13.8 Å². The lowest BCUT2D eigenvalue weighted by atomic mass is 9.91.